The summed E-state index contributed by atoms with van der Waals surface area (Å²) in [7, 11) is 0. The van der Waals surface area contributed by atoms with E-state index < -0.39 is 0 Å². The van der Waals surface area contributed by atoms with E-state index >= 15 is 0 Å². The fourth-order valence-electron chi connectivity index (χ4n) is 4.05. The van der Waals surface area contributed by atoms with E-state index in [0.29, 0.717) is 5.92 Å². The minimum Gasteiger partial charge on any atom is -0.355 e. The molecule has 4 nitrogen and oxygen atoms in total. The zero-order valence-corrected chi connectivity index (χ0v) is 15.5. The normalized spacial score (nSPS) is 20.5. The first-order chi connectivity index (χ1) is 13.2. The van der Waals surface area contributed by atoms with E-state index in [1.165, 1.54) is 6.42 Å². The summed E-state index contributed by atoms with van der Waals surface area (Å²) >= 11 is 0. The van der Waals surface area contributed by atoms with Crippen molar-refractivity contribution in [1.29, 1.82) is 5.26 Å². The second-order valence-corrected chi connectivity index (χ2v) is 7.49. The van der Waals surface area contributed by atoms with Crippen molar-refractivity contribution in [2.75, 3.05) is 0 Å². The van der Waals surface area contributed by atoms with E-state index in [9.17, 15) is 10.1 Å². The highest BCUT2D eigenvalue weighted by Crippen LogP contribution is 2.27. The molecule has 1 fully saturated rings. The van der Waals surface area contributed by atoms with E-state index in [2.05, 4.69) is 29.4 Å². The van der Waals surface area contributed by atoms with Crippen LogP contribution in [-0.4, -0.2) is 16.9 Å². The molecule has 0 spiro atoms. The lowest BCUT2D eigenvalue weighted by molar-refractivity contribution is -0.118. The number of hydrogen-bond acceptors (Lipinski definition) is 2. The van der Waals surface area contributed by atoms with Crippen LogP contribution in [0.4, 0.5) is 0 Å². The fourth-order valence-corrected chi connectivity index (χ4v) is 4.05. The molecule has 27 heavy (non-hydrogen) atoms. The van der Waals surface area contributed by atoms with Crippen LogP contribution < -0.4 is 5.32 Å². The standard InChI is InChI=1S/C23H23N3O/c1-15-6-2-4-8-20(15)26-23(27)17(14-24)12-16-10-11-22-19(13-16)18-7-3-5-9-21(18)25-22/h3,5,7,9-13,15,20,25H,2,4,6,8H2,1H3,(H,26,27)/b17-12+/t15-,20+/m1/s1. The van der Waals surface area contributed by atoms with E-state index in [-0.39, 0.29) is 17.5 Å². The number of rotatable bonds is 3. The molecule has 2 aromatic carbocycles. The molecule has 2 atom stereocenters. The number of carbonyl (C=O) groups is 1. The van der Waals surface area contributed by atoms with Gasteiger partial charge in [0.2, 0.25) is 0 Å². The maximum Gasteiger partial charge on any atom is 0.262 e. The Morgan fingerprint density at radius 1 is 1.15 bits per heavy atom. The van der Waals surface area contributed by atoms with Crippen LogP contribution in [0.15, 0.2) is 48.0 Å². The Kier molecular flexibility index (Phi) is 4.68. The smallest absolute Gasteiger partial charge is 0.262 e. The van der Waals surface area contributed by atoms with Crippen molar-refractivity contribution in [2.45, 2.75) is 38.6 Å². The van der Waals surface area contributed by atoms with Crippen molar-refractivity contribution in [3.63, 3.8) is 0 Å². The summed E-state index contributed by atoms with van der Waals surface area (Å²) in [4.78, 5) is 16.0. The summed E-state index contributed by atoms with van der Waals surface area (Å²) in [6.07, 6.45) is 6.17. The summed E-state index contributed by atoms with van der Waals surface area (Å²) < 4.78 is 0. The highest BCUT2D eigenvalue weighted by atomic mass is 16.1. The Morgan fingerprint density at radius 3 is 2.74 bits per heavy atom. The monoisotopic (exact) mass is 357 g/mol. The van der Waals surface area contributed by atoms with E-state index in [0.717, 1.165) is 46.6 Å². The van der Waals surface area contributed by atoms with E-state index in [4.69, 9.17) is 0 Å². The topological polar surface area (TPSA) is 68.7 Å². The van der Waals surface area contributed by atoms with Crippen molar-refractivity contribution in [2.24, 2.45) is 5.92 Å². The Bertz CT molecular complexity index is 1070. The first-order valence-electron chi connectivity index (χ1n) is 9.59. The molecule has 0 aliphatic heterocycles. The van der Waals surface area contributed by atoms with Crippen molar-refractivity contribution < 1.29 is 4.79 Å². The van der Waals surface area contributed by atoms with Gasteiger partial charge in [0.25, 0.3) is 5.91 Å². The summed E-state index contributed by atoms with van der Waals surface area (Å²) in [5.74, 6) is 0.195. The summed E-state index contributed by atoms with van der Waals surface area (Å²) in [5.41, 5.74) is 3.15. The SMILES string of the molecule is C[C@@H]1CCCC[C@@H]1NC(=O)/C(C#N)=C/c1ccc2[nH]c3ccccc3c2c1. The number of nitrogens with zero attached hydrogens (tertiary/aromatic N) is 1. The largest absolute Gasteiger partial charge is 0.355 e. The molecule has 136 valence electrons. The first kappa shape index (κ1) is 17.4. The zero-order chi connectivity index (χ0) is 18.8. The number of carbonyl (C=O) groups excluding carboxylic acids is 1. The van der Waals surface area contributed by atoms with Gasteiger partial charge in [-0.3, -0.25) is 4.79 Å². The second-order valence-electron chi connectivity index (χ2n) is 7.49. The molecule has 2 N–H and O–H groups in total. The number of para-hydroxylation sites is 1. The van der Waals surface area contributed by atoms with Crippen molar-refractivity contribution in [3.8, 4) is 6.07 Å². The van der Waals surface area contributed by atoms with Crippen LogP contribution >= 0.6 is 0 Å². The third-order valence-corrected chi connectivity index (χ3v) is 5.63. The highest BCUT2D eigenvalue weighted by molar-refractivity contribution is 6.08. The van der Waals surface area contributed by atoms with Gasteiger partial charge in [-0.1, -0.05) is 44.0 Å². The molecule has 0 bridgehead atoms. The molecule has 1 aliphatic carbocycles. The van der Waals surface area contributed by atoms with Crippen molar-refractivity contribution in [1.82, 2.24) is 10.3 Å². The number of nitriles is 1. The fraction of sp³-hybridized carbons (Fsp3) is 0.304. The molecule has 0 unspecified atom stereocenters. The Balaban J connectivity index is 1.63. The predicted octanol–water partition coefficient (Wildman–Crippen LogP) is 4.92. The third kappa shape index (κ3) is 3.46. The molecule has 1 aliphatic rings. The van der Waals surface area contributed by atoms with E-state index in [1.54, 1.807) is 6.08 Å². The molecule has 1 aromatic heterocycles. The van der Waals surface area contributed by atoms with Crippen LogP contribution in [0.25, 0.3) is 27.9 Å². The van der Waals surface area contributed by atoms with Gasteiger partial charge in [-0.05, 0) is 48.6 Å². The third-order valence-electron chi connectivity index (χ3n) is 5.63. The summed E-state index contributed by atoms with van der Waals surface area (Å²) in [5, 5.41) is 14.8. The number of nitrogens with one attached hydrogen (secondary N) is 2. The number of H-pyrrole nitrogens is 1. The Labute approximate surface area is 158 Å². The molecular weight excluding hydrogens is 334 g/mol. The first-order valence-corrected chi connectivity index (χ1v) is 9.59. The van der Waals surface area contributed by atoms with Gasteiger partial charge in [-0.25, -0.2) is 0 Å². The summed E-state index contributed by atoms with van der Waals surface area (Å²) in [6.45, 7) is 2.17. The predicted molar refractivity (Wildman–Crippen MR) is 109 cm³/mol. The quantitative estimate of drug-likeness (QED) is 0.516. The maximum absolute atomic E-state index is 12.6. The van der Waals surface area contributed by atoms with Gasteiger partial charge < -0.3 is 10.3 Å². The number of hydrogen-bond donors (Lipinski definition) is 2. The number of aromatic amines is 1. The van der Waals surface area contributed by atoms with Crippen molar-refractivity contribution >= 4 is 33.8 Å². The lowest BCUT2D eigenvalue weighted by Crippen LogP contribution is -2.41. The molecule has 1 heterocycles. The maximum atomic E-state index is 12.6. The lowest BCUT2D eigenvalue weighted by atomic mass is 9.86. The van der Waals surface area contributed by atoms with Gasteiger partial charge in [-0.15, -0.1) is 0 Å². The number of amides is 1. The number of fused-ring (bicyclic) bond motifs is 3. The molecular formula is C23H23N3O. The average molecular weight is 357 g/mol. The molecule has 3 aromatic rings. The van der Waals surface area contributed by atoms with Gasteiger partial charge in [0.1, 0.15) is 11.6 Å². The van der Waals surface area contributed by atoms with Crippen LogP contribution in [0.1, 0.15) is 38.2 Å². The number of aromatic nitrogens is 1. The van der Waals surface area contributed by atoms with Crippen LogP contribution in [-0.2, 0) is 4.79 Å². The van der Waals surface area contributed by atoms with Gasteiger partial charge >= 0.3 is 0 Å². The van der Waals surface area contributed by atoms with Gasteiger partial charge in [0, 0.05) is 27.8 Å². The molecule has 4 heteroatoms. The van der Waals surface area contributed by atoms with Gasteiger partial charge in [-0.2, -0.15) is 5.26 Å². The zero-order valence-electron chi connectivity index (χ0n) is 15.5. The van der Waals surface area contributed by atoms with Crippen molar-refractivity contribution in [3.05, 3.63) is 53.6 Å². The molecule has 0 saturated heterocycles. The van der Waals surface area contributed by atoms with Crippen LogP contribution in [0, 0.1) is 17.2 Å². The molecule has 0 radical (unpaired) electrons. The van der Waals surface area contributed by atoms with Gasteiger partial charge in [0.15, 0.2) is 0 Å². The Morgan fingerprint density at radius 2 is 1.93 bits per heavy atom. The average Bonchev–Trinajstić information content (AvgIpc) is 3.06. The van der Waals surface area contributed by atoms with Crippen LogP contribution in [0.5, 0.6) is 0 Å². The minimum atomic E-state index is -0.268. The van der Waals surface area contributed by atoms with Crippen LogP contribution in [0.3, 0.4) is 0 Å². The molecule has 4 rings (SSSR count). The lowest BCUT2D eigenvalue weighted by Gasteiger charge is -2.29. The number of benzene rings is 2. The van der Waals surface area contributed by atoms with E-state index in [1.807, 2.05) is 36.4 Å². The summed E-state index contributed by atoms with van der Waals surface area (Å²) in [6, 6.07) is 16.3. The molecule has 1 saturated carbocycles. The van der Waals surface area contributed by atoms with Gasteiger partial charge in [0.05, 0.1) is 0 Å². The Hall–Kier alpha value is -3.06. The minimum absolute atomic E-state index is 0.159. The molecule has 1 amide bonds. The second kappa shape index (κ2) is 7.28. The highest BCUT2D eigenvalue weighted by Gasteiger charge is 2.24. The van der Waals surface area contributed by atoms with Crippen LogP contribution in [0.2, 0.25) is 0 Å².